The molecule has 1 saturated heterocycles. The minimum absolute atomic E-state index is 0.0754. The van der Waals surface area contributed by atoms with E-state index in [1.54, 1.807) is 0 Å². The van der Waals surface area contributed by atoms with Crippen molar-refractivity contribution in [1.29, 1.82) is 0 Å². The molecule has 0 bridgehead atoms. The Kier molecular flexibility index (Phi) is 5.82. The molecule has 0 aromatic rings. The lowest BCUT2D eigenvalue weighted by Gasteiger charge is -2.41. The predicted octanol–water partition coefficient (Wildman–Crippen LogP) is 1.89. The van der Waals surface area contributed by atoms with Crippen LogP contribution in [0.5, 0.6) is 0 Å². The number of carboxylic acid groups (broad SMARTS) is 1. The third kappa shape index (κ3) is 4.78. The number of rotatable bonds is 6. The number of aliphatic carboxylic acids is 1. The summed E-state index contributed by atoms with van der Waals surface area (Å²) in [6, 6.07) is 0. The SMILES string of the molecule is CC(C)=CC[C@@]1(CO)CCCN(CCC(=O)O)C1. The second-order valence-electron chi connectivity index (χ2n) is 5.67. The molecule has 0 radical (unpaired) electrons. The summed E-state index contributed by atoms with van der Waals surface area (Å²) in [6.45, 7) is 6.66. The second-order valence-corrected chi connectivity index (χ2v) is 5.67. The van der Waals surface area contributed by atoms with Crippen LogP contribution in [-0.4, -0.2) is 47.3 Å². The lowest BCUT2D eigenvalue weighted by Crippen LogP contribution is -2.45. The molecular formula is C14H25NO3. The Morgan fingerprint density at radius 1 is 1.44 bits per heavy atom. The number of hydrogen-bond donors (Lipinski definition) is 2. The Morgan fingerprint density at radius 3 is 2.72 bits per heavy atom. The highest BCUT2D eigenvalue weighted by Gasteiger charge is 2.33. The molecule has 1 heterocycles. The van der Waals surface area contributed by atoms with E-state index in [9.17, 15) is 9.90 Å². The number of aliphatic hydroxyl groups is 1. The van der Waals surface area contributed by atoms with Crippen molar-refractivity contribution < 1.29 is 15.0 Å². The van der Waals surface area contributed by atoms with Gasteiger partial charge in [-0.1, -0.05) is 11.6 Å². The van der Waals surface area contributed by atoms with E-state index in [1.807, 2.05) is 0 Å². The molecule has 18 heavy (non-hydrogen) atoms. The van der Waals surface area contributed by atoms with Crippen molar-refractivity contribution in [3.05, 3.63) is 11.6 Å². The molecule has 1 aliphatic heterocycles. The van der Waals surface area contributed by atoms with Crippen LogP contribution in [0.3, 0.4) is 0 Å². The highest BCUT2D eigenvalue weighted by atomic mass is 16.4. The first-order valence-corrected chi connectivity index (χ1v) is 6.66. The van der Waals surface area contributed by atoms with Crippen LogP contribution in [-0.2, 0) is 4.79 Å². The number of allylic oxidation sites excluding steroid dienone is 2. The highest BCUT2D eigenvalue weighted by Crippen LogP contribution is 2.33. The van der Waals surface area contributed by atoms with Crippen molar-refractivity contribution >= 4 is 5.97 Å². The summed E-state index contributed by atoms with van der Waals surface area (Å²) >= 11 is 0. The average Bonchev–Trinajstić information content (AvgIpc) is 2.34. The summed E-state index contributed by atoms with van der Waals surface area (Å²) in [6.07, 6.45) is 5.31. The van der Waals surface area contributed by atoms with Crippen molar-refractivity contribution in [1.82, 2.24) is 4.90 Å². The number of piperidine rings is 1. The Hall–Kier alpha value is -0.870. The monoisotopic (exact) mass is 255 g/mol. The fourth-order valence-electron chi connectivity index (χ4n) is 2.54. The molecule has 0 unspecified atom stereocenters. The molecule has 1 fully saturated rings. The first-order valence-electron chi connectivity index (χ1n) is 6.66. The van der Waals surface area contributed by atoms with Crippen LogP contribution >= 0.6 is 0 Å². The van der Waals surface area contributed by atoms with E-state index in [1.165, 1.54) is 5.57 Å². The van der Waals surface area contributed by atoms with Crippen molar-refractivity contribution in [2.45, 2.75) is 39.5 Å². The minimum atomic E-state index is -0.750. The van der Waals surface area contributed by atoms with Crippen LogP contribution in [0.2, 0.25) is 0 Å². The summed E-state index contributed by atoms with van der Waals surface area (Å²) in [7, 11) is 0. The average molecular weight is 255 g/mol. The third-order valence-corrected chi connectivity index (χ3v) is 3.66. The first kappa shape index (κ1) is 15.2. The van der Waals surface area contributed by atoms with Gasteiger partial charge in [-0.3, -0.25) is 4.79 Å². The first-order chi connectivity index (χ1) is 8.47. The van der Waals surface area contributed by atoms with Gasteiger partial charge in [0.25, 0.3) is 0 Å². The smallest absolute Gasteiger partial charge is 0.304 e. The van der Waals surface area contributed by atoms with E-state index < -0.39 is 5.97 Å². The maximum atomic E-state index is 10.6. The van der Waals surface area contributed by atoms with Crippen molar-refractivity contribution in [3.8, 4) is 0 Å². The summed E-state index contributed by atoms with van der Waals surface area (Å²) < 4.78 is 0. The molecule has 104 valence electrons. The number of carbonyl (C=O) groups is 1. The van der Waals surface area contributed by atoms with Crippen molar-refractivity contribution in [2.24, 2.45) is 5.41 Å². The van der Waals surface area contributed by atoms with Gasteiger partial charge in [0.1, 0.15) is 0 Å². The number of carboxylic acids is 1. The zero-order valence-corrected chi connectivity index (χ0v) is 11.5. The van der Waals surface area contributed by atoms with Crippen LogP contribution in [0, 0.1) is 5.41 Å². The van der Waals surface area contributed by atoms with Gasteiger partial charge in [0, 0.05) is 18.5 Å². The third-order valence-electron chi connectivity index (χ3n) is 3.66. The van der Waals surface area contributed by atoms with Gasteiger partial charge in [0.2, 0.25) is 0 Å². The summed E-state index contributed by atoms with van der Waals surface area (Å²) in [5.74, 6) is -0.750. The number of hydrogen-bond acceptors (Lipinski definition) is 3. The highest BCUT2D eigenvalue weighted by molar-refractivity contribution is 5.66. The molecule has 4 nitrogen and oxygen atoms in total. The van der Waals surface area contributed by atoms with Crippen LogP contribution in [0.1, 0.15) is 39.5 Å². The van der Waals surface area contributed by atoms with Crippen LogP contribution < -0.4 is 0 Å². The van der Waals surface area contributed by atoms with Gasteiger partial charge in [-0.05, 0) is 39.7 Å². The molecule has 1 aliphatic rings. The minimum Gasteiger partial charge on any atom is -0.481 e. The van der Waals surface area contributed by atoms with Crippen molar-refractivity contribution in [3.63, 3.8) is 0 Å². The molecule has 0 saturated carbocycles. The fourth-order valence-corrected chi connectivity index (χ4v) is 2.54. The number of likely N-dealkylation sites (tertiary alicyclic amines) is 1. The van der Waals surface area contributed by atoms with Gasteiger partial charge in [0.15, 0.2) is 0 Å². The van der Waals surface area contributed by atoms with Gasteiger partial charge in [-0.25, -0.2) is 0 Å². The normalized spacial score (nSPS) is 24.8. The van der Waals surface area contributed by atoms with Gasteiger partial charge >= 0.3 is 5.97 Å². The van der Waals surface area contributed by atoms with E-state index in [0.717, 1.165) is 32.4 Å². The molecule has 0 amide bonds. The zero-order valence-electron chi connectivity index (χ0n) is 11.5. The molecular weight excluding hydrogens is 230 g/mol. The number of aliphatic hydroxyl groups excluding tert-OH is 1. The van der Waals surface area contributed by atoms with E-state index in [2.05, 4.69) is 24.8 Å². The van der Waals surface area contributed by atoms with E-state index in [0.29, 0.717) is 6.54 Å². The van der Waals surface area contributed by atoms with Gasteiger partial charge in [-0.15, -0.1) is 0 Å². The summed E-state index contributed by atoms with van der Waals surface area (Å²) in [5, 5.41) is 18.4. The van der Waals surface area contributed by atoms with E-state index in [-0.39, 0.29) is 18.4 Å². The molecule has 0 aromatic carbocycles. The Labute approximate surface area is 109 Å². The quantitative estimate of drug-likeness (QED) is 0.712. The Balaban J connectivity index is 2.57. The summed E-state index contributed by atoms with van der Waals surface area (Å²) in [5.41, 5.74) is 1.19. The Morgan fingerprint density at radius 2 is 2.17 bits per heavy atom. The maximum Gasteiger partial charge on any atom is 0.304 e. The topological polar surface area (TPSA) is 60.8 Å². The van der Waals surface area contributed by atoms with Crippen LogP contribution in [0.15, 0.2) is 11.6 Å². The van der Waals surface area contributed by atoms with E-state index in [4.69, 9.17) is 5.11 Å². The van der Waals surface area contributed by atoms with Gasteiger partial charge < -0.3 is 15.1 Å². The number of nitrogens with zero attached hydrogens (tertiary/aromatic N) is 1. The van der Waals surface area contributed by atoms with Crippen molar-refractivity contribution in [2.75, 3.05) is 26.2 Å². The largest absolute Gasteiger partial charge is 0.481 e. The maximum absolute atomic E-state index is 10.6. The molecule has 0 spiro atoms. The zero-order chi connectivity index (χ0) is 13.6. The van der Waals surface area contributed by atoms with E-state index >= 15 is 0 Å². The standard InChI is InChI=1S/C14H25NO3/c1-12(2)4-7-14(11-16)6-3-8-15(10-14)9-5-13(17)18/h4,16H,3,5-11H2,1-2H3,(H,17,18)/t14-/m0/s1. The molecule has 1 rings (SSSR count). The molecule has 0 aromatic heterocycles. The molecule has 2 N–H and O–H groups in total. The lowest BCUT2D eigenvalue weighted by atomic mass is 9.77. The molecule has 1 atom stereocenters. The molecule has 4 heteroatoms. The Bertz CT molecular complexity index is 310. The predicted molar refractivity (Wildman–Crippen MR) is 71.5 cm³/mol. The second kappa shape index (κ2) is 6.90. The lowest BCUT2D eigenvalue weighted by molar-refractivity contribution is -0.137. The van der Waals surface area contributed by atoms with Gasteiger partial charge in [-0.2, -0.15) is 0 Å². The van der Waals surface area contributed by atoms with Crippen LogP contribution in [0.4, 0.5) is 0 Å². The van der Waals surface area contributed by atoms with Gasteiger partial charge in [0.05, 0.1) is 13.0 Å². The van der Waals surface area contributed by atoms with Crippen LogP contribution in [0.25, 0.3) is 0 Å². The molecule has 0 aliphatic carbocycles. The summed E-state index contributed by atoms with van der Waals surface area (Å²) in [4.78, 5) is 12.8. The fraction of sp³-hybridized carbons (Fsp3) is 0.786.